The maximum absolute atomic E-state index is 14.3. The molecule has 1 aromatic rings. The zero-order chi connectivity index (χ0) is 26.9. The Bertz CT molecular complexity index is 1060. The van der Waals surface area contributed by atoms with Gasteiger partial charge < -0.3 is 14.5 Å². The van der Waals surface area contributed by atoms with Crippen LogP contribution in [-0.4, -0.2) is 71.6 Å². The van der Waals surface area contributed by atoms with Gasteiger partial charge in [0.25, 0.3) is 0 Å². The van der Waals surface area contributed by atoms with Gasteiger partial charge in [0.2, 0.25) is 5.91 Å². The second-order valence-electron chi connectivity index (χ2n) is 12.0. The van der Waals surface area contributed by atoms with Gasteiger partial charge in [-0.25, -0.2) is 13.6 Å². The Morgan fingerprint density at radius 2 is 1.68 bits per heavy atom. The van der Waals surface area contributed by atoms with E-state index in [1.54, 1.807) is 6.07 Å². The van der Waals surface area contributed by atoms with Crippen LogP contribution in [0.15, 0.2) is 12.1 Å². The van der Waals surface area contributed by atoms with E-state index in [1.807, 2.05) is 9.80 Å². The molecule has 206 valence electrons. The molecule has 4 fully saturated rings. The summed E-state index contributed by atoms with van der Waals surface area (Å²) in [6, 6.07) is 3.90. The molecule has 1 saturated carbocycles. The standard InChI is InChI=1S/C29H38F2N4O3/c1-20-6-10-34(11-7-20)27(36)23-4-2-21(3-5-23)17-35-19-29(38-28(35)37)8-12-33(13-9-29)18-24-25(30)14-22(16-32)15-26(24)31/h14-15,20-21,23H,2-13,17-19H2,1H3. The number of carbonyl (C=O) groups excluding carboxylic acids is 2. The van der Waals surface area contributed by atoms with Gasteiger partial charge in [-0.05, 0) is 62.5 Å². The molecule has 38 heavy (non-hydrogen) atoms. The number of benzene rings is 1. The molecular formula is C29H38F2N4O3. The molecule has 3 aliphatic heterocycles. The van der Waals surface area contributed by atoms with Gasteiger partial charge >= 0.3 is 6.09 Å². The lowest BCUT2D eigenvalue weighted by Crippen LogP contribution is -2.47. The molecule has 3 heterocycles. The number of rotatable bonds is 5. The van der Waals surface area contributed by atoms with Crippen molar-refractivity contribution in [3.8, 4) is 6.07 Å². The maximum atomic E-state index is 14.3. The highest BCUT2D eigenvalue weighted by Gasteiger charge is 2.47. The van der Waals surface area contributed by atoms with Crippen molar-refractivity contribution in [3.63, 3.8) is 0 Å². The number of halogens is 2. The highest BCUT2D eigenvalue weighted by Crippen LogP contribution is 2.37. The van der Waals surface area contributed by atoms with E-state index in [-0.39, 0.29) is 29.7 Å². The van der Waals surface area contributed by atoms with Gasteiger partial charge in [-0.2, -0.15) is 5.26 Å². The zero-order valence-corrected chi connectivity index (χ0v) is 22.3. The predicted octanol–water partition coefficient (Wildman–Crippen LogP) is 4.69. The lowest BCUT2D eigenvalue weighted by molar-refractivity contribution is -0.138. The van der Waals surface area contributed by atoms with E-state index >= 15 is 0 Å². The van der Waals surface area contributed by atoms with Crippen molar-refractivity contribution >= 4 is 12.0 Å². The van der Waals surface area contributed by atoms with E-state index < -0.39 is 17.2 Å². The average molecular weight is 529 g/mol. The van der Waals surface area contributed by atoms with Gasteiger partial charge in [-0.3, -0.25) is 9.69 Å². The summed E-state index contributed by atoms with van der Waals surface area (Å²) in [4.78, 5) is 31.6. The fourth-order valence-electron chi connectivity index (χ4n) is 6.65. The van der Waals surface area contributed by atoms with Gasteiger partial charge in [0, 0.05) is 63.6 Å². The fourth-order valence-corrected chi connectivity index (χ4v) is 6.65. The molecule has 1 spiro atoms. The largest absolute Gasteiger partial charge is 0.441 e. The molecule has 1 aliphatic carbocycles. The van der Waals surface area contributed by atoms with Crippen LogP contribution in [0.2, 0.25) is 0 Å². The van der Waals surface area contributed by atoms with E-state index in [0.29, 0.717) is 56.8 Å². The van der Waals surface area contributed by atoms with Gasteiger partial charge in [0.1, 0.15) is 17.2 Å². The Labute approximate surface area is 223 Å². The number of likely N-dealkylation sites (tertiary alicyclic amines) is 2. The summed E-state index contributed by atoms with van der Waals surface area (Å²) in [7, 11) is 0. The molecule has 3 saturated heterocycles. The summed E-state index contributed by atoms with van der Waals surface area (Å²) in [6.07, 6.45) is 6.83. The second kappa shape index (κ2) is 11.2. The van der Waals surface area contributed by atoms with Crippen LogP contribution in [0.4, 0.5) is 13.6 Å². The topological polar surface area (TPSA) is 76.9 Å². The van der Waals surface area contributed by atoms with Crippen molar-refractivity contribution in [2.45, 2.75) is 70.4 Å². The van der Waals surface area contributed by atoms with Crippen LogP contribution in [0.3, 0.4) is 0 Å². The Morgan fingerprint density at radius 1 is 1.05 bits per heavy atom. The van der Waals surface area contributed by atoms with Gasteiger partial charge in [-0.15, -0.1) is 0 Å². The van der Waals surface area contributed by atoms with Crippen molar-refractivity contribution in [2.75, 3.05) is 39.3 Å². The average Bonchev–Trinajstić information content (AvgIpc) is 3.21. The first-order valence-electron chi connectivity index (χ1n) is 14.1. The summed E-state index contributed by atoms with van der Waals surface area (Å²) in [5.41, 5.74) is -0.613. The number of piperidine rings is 2. The number of hydrogen-bond donors (Lipinski definition) is 0. The van der Waals surface area contributed by atoms with Crippen LogP contribution in [0.25, 0.3) is 0 Å². The van der Waals surface area contributed by atoms with Crippen molar-refractivity contribution in [2.24, 2.45) is 17.8 Å². The smallest absolute Gasteiger partial charge is 0.410 e. The molecule has 1 aromatic carbocycles. The highest BCUT2D eigenvalue weighted by molar-refractivity contribution is 5.79. The van der Waals surface area contributed by atoms with Crippen molar-refractivity contribution in [1.29, 1.82) is 5.26 Å². The van der Waals surface area contributed by atoms with Crippen LogP contribution < -0.4 is 0 Å². The van der Waals surface area contributed by atoms with Crippen molar-refractivity contribution in [1.82, 2.24) is 14.7 Å². The summed E-state index contributed by atoms with van der Waals surface area (Å²) in [5, 5.41) is 8.90. The first-order chi connectivity index (χ1) is 18.2. The summed E-state index contributed by atoms with van der Waals surface area (Å²) < 4.78 is 34.6. The fraction of sp³-hybridized carbons (Fsp3) is 0.690. The third-order valence-corrected chi connectivity index (χ3v) is 9.23. The normalized spacial score (nSPS) is 26.4. The molecule has 4 aliphatic rings. The molecule has 2 amide bonds. The van der Waals surface area contributed by atoms with Crippen LogP contribution in [-0.2, 0) is 16.1 Å². The molecule has 0 bridgehead atoms. The van der Waals surface area contributed by atoms with Crippen molar-refractivity contribution < 1.29 is 23.1 Å². The zero-order valence-electron chi connectivity index (χ0n) is 22.3. The van der Waals surface area contributed by atoms with E-state index in [1.165, 1.54) is 0 Å². The van der Waals surface area contributed by atoms with Gasteiger partial charge in [0.05, 0.1) is 18.2 Å². The SMILES string of the molecule is CC1CCN(C(=O)C2CCC(CN3CC4(CCN(Cc5c(F)cc(C#N)cc5F)CC4)OC3=O)CC2)CC1. The van der Waals surface area contributed by atoms with Crippen LogP contribution in [0.1, 0.15) is 69.4 Å². The minimum Gasteiger partial charge on any atom is -0.441 e. The lowest BCUT2D eigenvalue weighted by atomic mass is 9.80. The van der Waals surface area contributed by atoms with Crippen molar-refractivity contribution in [3.05, 3.63) is 34.9 Å². The third kappa shape index (κ3) is 5.80. The van der Waals surface area contributed by atoms with Gasteiger partial charge in [0.15, 0.2) is 0 Å². The Hall–Kier alpha value is -2.73. The first kappa shape index (κ1) is 26.9. The first-order valence-corrected chi connectivity index (χ1v) is 14.1. The minimum atomic E-state index is -0.706. The highest BCUT2D eigenvalue weighted by atomic mass is 19.1. The Morgan fingerprint density at radius 3 is 2.29 bits per heavy atom. The minimum absolute atomic E-state index is 0.0314. The van der Waals surface area contributed by atoms with E-state index in [9.17, 15) is 18.4 Å². The number of ether oxygens (including phenoxy) is 1. The number of nitrogens with zero attached hydrogens (tertiary/aromatic N) is 4. The van der Waals surface area contributed by atoms with E-state index in [4.69, 9.17) is 10.00 Å². The lowest BCUT2D eigenvalue weighted by Gasteiger charge is -2.38. The van der Waals surface area contributed by atoms with E-state index in [0.717, 1.165) is 63.7 Å². The Kier molecular flexibility index (Phi) is 7.90. The molecule has 0 radical (unpaired) electrons. The number of amides is 2. The summed E-state index contributed by atoms with van der Waals surface area (Å²) in [5.74, 6) is 0.114. The maximum Gasteiger partial charge on any atom is 0.410 e. The third-order valence-electron chi connectivity index (χ3n) is 9.23. The monoisotopic (exact) mass is 528 g/mol. The molecule has 0 atom stereocenters. The molecular weight excluding hydrogens is 490 g/mol. The Balaban J connectivity index is 1.08. The molecule has 5 rings (SSSR count). The number of hydrogen-bond acceptors (Lipinski definition) is 5. The van der Waals surface area contributed by atoms with Crippen LogP contribution in [0, 0.1) is 40.7 Å². The number of carbonyl (C=O) groups is 2. The van der Waals surface area contributed by atoms with Crippen LogP contribution >= 0.6 is 0 Å². The molecule has 0 unspecified atom stereocenters. The quantitative estimate of drug-likeness (QED) is 0.554. The molecule has 0 N–H and O–H groups in total. The second-order valence-corrected chi connectivity index (χ2v) is 12.0. The summed E-state index contributed by atoms with van der Waals surface area (Å²) in [6.45, 7) is 6.50. The molecule has 7 nitrogen and oxygen atoms in total. The molecule has 9 heteroatoms. The predicted molar refractivity (Wildman–Crippen MR) is 137 cm³/mol. The summed E-state index contributed by atoms with van der Waals surface area (Å²) >= 11 is 0. The number of nitriles is 1. The van der Waals surface area contributed by atoms with Crippen LogP contribution in [0.5, 0.6) is 0 Å². The van der Waals surface area contributed by atoms with E-state index in [2.05, 4.69) is 11.8 Å². The molecule has 0 aromatic heterocycles. The van der Waals surface area contributed by atoms with Gasteiger partial charge in [-0.1, -0.05) is 6.92 Å².